The van der Waals surface area contributed by atoms with Gasteiger partial charge in [0.1, 0.15) is 0 Å². The monoisotopic (exact) mass is 470 g/mol. The number of benzene rings is 2. The number of thiocarbonyl (C=S) groups is 1. The molecule has 0 bridgehead atoms. The average molecular weight is 471 g/mol. The van der Waals surface area contributed by atoms with Gasteiger partial charge >= 0.3 is 0 Å². The fraction of sp³-hybridized carbons (Fsp3) is 0.136. The van der Waals surface area contributed by atoms with Crippen molar-refractivity contribution in [3.05, 3.63) is 93.7 Å². The summed E-state index contributed by atoms with van der Waals surface area (Å²) in [7, 11) is 0. The summed E-state index contributed by atoms with van der Waals surface area (Å²) < 4.78 is 3.70. The van der Waals surface area contributed by atoms with Crippen molar-refractivity contribution in [3.63, 3.8) is 0 Å². The van der Waals surface area contributed by atoms with E-state index < -0.39 is 0 Å². The number of anilines is 2. The average Bonchev–Trinajstić information content (AvgIpc) is 3.29. The molecule has 0 aliphatic rings. The molecule has 2 aromatic carbocycles. The van der Waals surface area contributed by atoms with Gasteiger partial charge in [0.25, 0.3) is 0 Å². The molecule has 2 heterocycles. The molecule has 0 aliphatic heterocycles. The molecule has 158 valence electrons. The van der Waals surface area contributed by atoms with Gasteiger partial charge in [-0.15, -0.1) is 0 Å². The Bertz CT molecular complexity index is 1220. The van der Waals surface area contributed by atoms with E-state index in [1.807, 2.05) is 78.5 Å². The first-order chi connectivity index (χ1) is 15.0. The van der Waals surface area contributed by atoms with Gasteiger partial charge in [-0.25, -0.2) is 0 Å². The van der Waals surface area contributed by atoms with Crippen LogP contribution < -0.4 is 10.6 Å². The van der Waals surface area contributed by atoms with Gasteiger partial charge < -0.3 is 10.6 Å². The SMILES string of the molecule is Cc1cc(NC(=S)Nc2ccn(Cc3ccccc3Cl)n2)nn1Cc1cccc(Cl)c1. The van der Waals surface area contributed by atoms with Crippen molar-refractivity contribution < 1.29 is 0 Å². The van der Waals surface area contributed by atoms with Gasteiger partial charge in [0.05, 0.1) is 13.1 Å². The Morgan fingerprint density at radius 3 is 2.55 bits per heavy atom. The van der Waals surface area contributed by atoms with Crippen LogP contribution in [0, 0.1) is 6.92 Å². The molecule has 0 saturated carbocycles. The van der Waals surface area contributed by atoms with Gasteiger partial charge in [-0.3, -0.25) is 9.36 Å². The molecule has 0 amide bonds. The van der Waals surface area contributed by atoms with E-state index >= 15 is 0 Å². The topological polar surface area (TPSA) is 59.7 Å². The fourth-order valence-corrected chi connectivity index (χ4v) is 3.74. The minimum atomic E-state index is 0.412. The van der Waals surface area contributed by atoms with Crippen LogP contribution in [-0.4, -0.2) is 24.7 Å². The van der Waals surface area contributed by atoms with Crippen molar-refractivity contribution in [3.8, 4) is 0 Å². The predicted octanol–water partition coefficient (Wildman–Crippen LogP) is 5.60. The summed E-state index contributed by atoms with van der Waals surface area (Å²) in [5.74, 6) is 1.30. The number of hydrogen-bond donors (Lipinski definition) is 2. The summed E-state index contributed by atoms with van der Waals surface area (Å²) in [6.07, 6.45) is 1.87. The highest BCUT2D eigenvalue weighted by molar-refractivity contribution is 7.80. The van der Waals surface area contributed by atoms with Crippen molar-refractivity contribution in [2.45, 2.75) is 20.0 Å². The molecule has 0 radical (unpaired) electrons. The molecule has 2 N–H and O–H groups in total. The second-order valence-electron chi connectivity index (χ2n) is 7.03. The summed E-state index contributed by atoms with van der Waals surface area (Å²) >= 11 is 17.7. The molecule has 0 aliphatic carbocycles. The quantitative estimate of drug-likeness (QED) is 0.359. The van der Waals surface area contributed by atoms with Crippen molar-refractivity contribution in [1.29, 1.82) is 0 Å². The zero-order valence-corrected chi connectivity index (χ0v) is 19.0. The van der Waals surface area contributed by atoms with Gasteiger partial charge in [-0.2, -0.15) is 10.2 Å². The van der Waals surface area contributed by atoms with Crippen LogP contribution in [0.5, 0.6) is 0 Å². The van der Waals surface area contributed by atoms with Crippen LogP contribution in [0.3, 0.4) is 0 Å². The minimum absolute atomic E-state index is 0.412. The predicted molar refractivity (Wildman–Crippen MR) is 130 cm³/mol. The molecule has 9 heteroatoms. The summed E-state index contributed by atoms with van der Waals surface area (Å²) in [6.45, 7) is 3.20. The third-order valence-corrected chi connectivity index (χ3v) is 5.42. The highest BCUT2D eigenvalue weighted by atomic mass is 35.5. The maximum Gasteiger partial charge on any atom is 0.177 e. The molecule has 31 heavy (non-hydrogen) atoms. The number of aromatic nitrogens is 4. The van der Waals surface area contributed by atoms with E-state index in [1.54, 1.807) is 4.68 Å². The molecule has 0 saturated heterocycles. The largest absolute Gasteiger partial charge is 0.316 e. The Morgan fingerprint density at radius 1 is 0.935 bits per heavy atom. The van der Waals surface area contributed by atoms with Gasteiger partial charge in [0.15, 0.2) is 16.7 Å². The summed E-state index contributed by atoms with van der Waals surface area (Å²) in [5.41, 5.74) is 3.09. The van der Waals surface area contributed by atoms with E-state index in [-0.39, 0.29) is 0 Å². The van der Waals surface area contributed by atoms with E-state index in [1.165, 1.54) is 0 Å². The van der Waals surface area contributed by atoms with Crippen LogP contribution in [0.2, 0.25) is 10.0 Å². The molecular weight excluding hydrogens is 451 g/mol. The summed E-state index contributed by atoms with van der Waals surface area (Å²) in [6, 6.07) is 19.2. The standard InChI is InChI=1S/C22H20Cl2N6S/c1-15-11-21(28-30(15)13-16-5-4-7-18(23)12-16)26-22(31)25-20-9-10-29(27-20)14-17-6-2-3-8-19(17)24/h2-12H,13-14H2,1H3,(H2,25,26,27,28,31). The Balaban J connectivity index is 1.36. The molecule has 6 nitrogen and oxygen atoms in total. The first kappa shape index (κ1) is 21.4. The van der Waals surface area contributed by atoms with E-state index in [0.717, 1.165) is 16.8 Å². The van der Waals surface area contributed by atoms with Crippen LogP contribution in [-0.2, 0) is 13.1 Å². The molecule has 0 spiro atoms. The first-order valence-electron chi connectivity index (χ1n) is 9.60. The summed E-state index contributed by atoms with van der Waals surface area (Å²) in [4.78, 5) is 0. The van der Waals surface area contributed by atoms with Crippen LogP contribution in [0.15, 0.2) is 66.9 Å². The third kappa shape index (κ3) is 5.64. The number of nitrogens with zero attached hydrogens (tertiary/aromatic N) is 4. The van der Waals surface area contributed by atoms with E-state index in [9.17, 15) is 0 Å². The Morgan fingerprint density at radius 2 is 1.74 bits per heavy atom. The molecule has 0 atom stereocenters. The zero-order chi connectivity index (χ0) is 21.8. The maximum atomic E-state index is 6.23. The lowest BCUT2D eigenvalue weighted by Gasteiger charge is -2.07. The lowest BCUT2D eigenvalue weighted by atomic mass is 10.2. The lowest BCUT2D eigenvalue weighted by Crippen LogP contribution is -2.20. The van der Waals surface area contributed by atoms with Crippen LogP contribution in [0.4, 0.5) is 11.6 Å². The maximum absolute atomic E-state index is 6.23. The molecular formula is C22H20Cl2N6S. The number of rotatable bonds is 6. The van der Waals surface area contributed by atoms with Gasteiger partial charge in [-0.05, 0) is 48.5 Å². The highest BCUT2D eigenvalue weighted by Gasteiger charge is 2.09. The molecule has 4 aromatic rings. The van der Waals surface area contributed by atoms with E-state index in [2.05, 4.69) is 20.8 Å². The smallest absolute Gasteiger partial charge is 0.177 e. The van der Waals surface area contributed by atoms with Gasteiger partial charge in [0.2, 0.25) is 0 Å². The number of nitrogens with one attached hydrogen (secondary N) is 2. The Labute approximate surface area is 195 Å². The molecule has 0 fully saturated rings. The van der Waals surface area contributed by atoms with Crippen LogP contribution in [0.1, 0.15) is 16.8 Å². The van der Waals surface area contributed by atoms with Crippen LogP contribution >= 0.6 is 35.4 Å². The van der Waals surface area contributed by atoms with Crippen molar-refractivity contribution in [2.75, 3.05) is 10.6 Å². The highest BCUT2D eigenvalue weighted by Crippen LogP contribution is 2.17. The number of hydrogen-bond acceptors (Lipinski definition) is 3. The minimum Gasteiger partial charge on any atom is -0.316 e. The normalized spacial score (nSPS) is 10.8. The number of aryl methyl sites for hydroxylation is 1. The second kappa shape index (κ2) is 9.51. The van der Waals surface area contributed by atoms with Crippen molar-refractivity contribution in [2.24, 2.45) is 0 Å². The van der Waals surface area contributed by atoms with Crippen molar-refractivity contribution in [1.82, 2.24) is 19.6 Å². The zero-order valence-electron chi connectivity index (χ0n) is 16.7. The lowest BCUT2D eigenvalue weighted by molar-refractivity contribution is 0.668. The van der Waals surface area contributed by atoms with Crippen LogP contribution in [0.25, 0.3) is 0 Å². The molecule has 2 aromatic heterocycles. The number of halogens is 2. The molecule has 0 unspecified atom stereocenters. The Hall–Kier alpha value is -2.87. The summed E-state index contributed by atoms with van der Waals surface area (Å²) in [5, 5.41) is 17.1. The van der Waals surface area contributed by atoms with Gasteiger partial charge in [-0.1, -0.05) is 53.5 Å². The molecule has 4 rings (SSSR count). The van der Waals surface area contributed by atoms with E-state index in [0.29, 0.717) is 39.9 Å². The second-order valence-corrected chi connectivity index (χ2v) is 8.28. The fourth-order valence-electron chi connectivity index (χ4n) is 3.12. The first-order valence-corrected chi connectivity index (χ1v) is 10.8. The van der Waals surface area contributed by atoms with E-state index in [4.69, 9.17) is 35.4 Å². The van der Waals surface area contributed by atoms with Crippen molar-refractivity contribution >= 4 is 52.2 Å². The Kier molecular flexibility index (Phi) is 6.56. The third-order valence-electron chi connectivity index (χ3n) is 4.62. The van der Waals surface area contributed by atoms with Gasteiger partial charge in [0, 0.05) is 34.1 Å².